The highest BCUT2D eigenvalue weighted by Crippen LogP contribution is 2.33. The second-order valence-electron chi connectivity index (χ2n) is 9.33. The molecule has 1 aromatic carbocycles. The molecule has 0 saturated heterocycles. The number of carbonyl (C=O) groups is 4. The minimum Gasteiger partial charge on any atom is -0.394 e. The van der Waals surface area contributed by atoms with E-state index in [0.717, 1.165) is 12.8 Å². The van der Waals surface area contributed by atoms with Crippen LogP contribution in [0.2, 0.25) is 0 Å². The van der Waals surface area contributed by atoms with E-state index in [2.05, 4.69) is 20.9 Å². The number of aliphatic imine (C=N–C) groups is 1. The van der Waals surface area contributed by atoms with E-state index in [9.17, 15) is 28.7 Å². The first kappa shape index (κ1) is 30.4. The molecule has 210 valence electrons. The highest BCUT2D eigenvalue weighted by molar-refractivity contribution is 5.94. The van der Waals surface area contributed by atoms with E-state index in [-0.39, 0.29) is 31.3 Å². The molecule has 4 atom stereocenters. The van der Waals surface area contributed by atoms with E-state index >= 15 is 0 Å². The molecule has 13 nitrogen and oxygen atoms in total. The van der Waals surface area contributed by atoms with Gasteiger partial charge in [0.25, 0.3) is 0 Å². The Morgan fingerprint density at radius 2 is 1.53 bits per heavy atom. The fourth-order valence-electron chi connectivity index (χ4n) is 3.66. The van der Waals surface area contributed by atoms with Crippen LogP contribution < -0.4 is 38.9 Å². The topological polar surface area (TPSA) is 241 Å². The predicted octanol–water partition coefficient (Wildman–Crippen LogP) is -2.52. The van der Waals surface area contributed by atoms with Crippen molar-refractivity contribution in [3.8, 4) is 0 Å². The molecule has 38 heavy (non-hydrogen) atoms. The highest BCUT2D eigenvalue weighted by Gasteiger charge is 2.34. The van der Waals surface area contributed by atoms with Crippen molar-refractivity contribution >= 4 is 29.6 Å². The summed E-state index contributed by atoms with van der Waals surface area (Å²) in [7, 11) is 0. The van der Waals surface area contributed by atoms with E-state index in [1.165, 1.54) is 24.3 Å². The van der Waals surface area contributed by atoms with Gasteiger partial charge in [0.05, 0.1) is 12.6 Å². The van der Waals surface area contributed by atoms with Crippen LogP contribution in [0.15, 0.2) is 29.3 Å². The van der Waals surface area contributed by atoms with Crippen molar-refractivity contribution in [2.45, 2.75) is 62.7 Å². The minimum atomic E-state index is -1.31. The molecule has 12 N–H and O–H groups in total. The zero-order valence-electron chi connectivity index (χ0n) is 21.1. The van der Waals surface area contributed by atoms with Crippen molar-refractivity contribution < 1.29 is 28.7 Å². The number of rotatable bonds is 16. The Hall–Kier alpha value is -3.78. The van der Waals surface area contributed by atoms with Gasteiger partial charge in [0.1, 0.15) is 23.9 Å². The number of nitrogens with one attached hydrogen (secondary N) is 3. The van der Waals surface area contributed by atoms with Crippen LogP contribution in [-0.2, 0) is 25.6 Å². The van der Waals surface area contributed by atoms with Crippen LogP contribution in [0.25, 0.3) is 0 Å². The Bertz CT molecular complexity index is 998. The Labute approximate surface area is 220 Å². The molecule has 0 radical (unpaired) electrons. The van der Waals surface area contributed by atoms with Crippen LogP contribution in [0.3, 0.4) is 0 Å². The van der Waals surface area contributed by atoms with E-state index in [1.807, 2.05) is 0 Å². The fourth-order valence-corrected chi connectivity index (χ4v) is 3.66. The molecule has 0 heterocycles. The molecule has 0 bridgehead atoms. The lowest BCUT2D eigenvalue weighted by atomic mass is 10.0. The molecule has 4 amide bonds. The molecule has 1 aliphatic rings. The molecule has 0 aromatic heterocycles. The molecule has 1 aliphatic carbocycles. The van der Waals surface area contributed by atoms with Gasteiger partial charge in [-0.25, -0.2) is 4.39 Å². The zero-order valence-corrected chi connectivity index (χ0v) is 21.1. The summed E-state index contributed by atoms with van der Waals surface area (Å²) in [6.07, 6.45) is 2.73. The van der Waals surface area contributed by atoms with Crippen molar-refractivity contribution in [1.82, 2.24) is 16.0 Å². The fraction of sp³-hybridized carbons (Fsp3) is 0.542. The first-order valence-corrected chi connectivity index (χ1v) is 12.4. The Morgan fingerprint density at radius 1 is 0.947 bits per heavy atom. The molecular formula is C24H37FN8O5. The molecule has 0 aliphatic heterocycles. The molecule has 1 saturated carbocycles. The quantitative estimate of drug-likeness (QED) is 0.0635. The van der Waals surface area contributed by atoms with Gasteiger partial charge in [0.2, 0.25) is 23.6 Å². The summed E-state index contributed by atoms with van der Waals surface area (Å²) in [6.45, 7) is -0.420. The monoisotopic (exact) mass is 536 g/mol. The first-order chi connectivity index (χ1) is 18.0. The summed E-state index contributed by atoms with van der Waals surface area (Å²) in [6, 6.07) is 0.953. The number of aliphatic hydroxyl groups is 1. The molecule has 0 spiro atoms. The number of nitrogens with zero attached hydrogens (tertiary/aromatic N) is 1. The maximum atomic E-state index is 13.4. The van der Waals surface area contributed by atoms with Gasteiger partial charge in [-0.05, 0) is 42.9 Å². The smallest absolute Gasteiger partial charge is 0.243 e. The Morgan fingerprint density at radius 3 is 2.08 bits per heavy atom. The van der Waals surface area contributed by atoms with E-state index in [1.54, 1.807) is 0 Å². The third kappa shape index (κ3) is 10.7. The largest absolute Gasteiger partial charge is 0.394 e. The lowest BCUT2D eigenvalue weighted by Gasteiger charge is -2.25. The van der Waals surface area contributed by atoms with Crippen LogP contribution >= 0.6 is 0 Å². The Balaban J connectivity index is 2.14. The zero-order chi connectivity index (χ0) is 28.2. The van der Waals surface area contributed by atoms with Crippen LogP contribution in [0, 0.1) is 11.7 Å². The molecule has 14 heteroatoms. The molecular weight excluding hydrogens is 499 g/mol. The summed E-state index contributed by atoms with van der Waals surface area (Å²) in [4.78, 5) is 54.2. The van der Waals surface area contributed by atoms with Crippen molar-refractivity contribution in [2.75, 3.05) is 13.2 Å². The van der Waals surface area contributed by atoms with Gasteiger partial charge >= 0.3 is 0 Å². The number of amides is 4. The van der Waals surface area contributed by atoms with Gasteiger partial charge in [-0.15, -0.1) is 0 Å². The van der Waals surface area contributed by atoms with Crippen molar-refractivity contribution in [3.05, 3.63) is 35.6 Å². The number of primary amides is 1. The maximum absolute atomic E-state index is 13.4. The van der Waals surface area contributed by atoms with Crippen molar-refractivity contribution in [2.24, 2.45) is 33.8 Å². The number of aliphatic hydroxyl groups excluding tert-OH is 1. The summed E-state index contributed by atoms with van der Waals surface area (Å²) in [5.74, 6) is -3.22. The second-order valence-corrected chi connectivity index (χ2v) is 9.33. The molecule has 1 fully saturated rings. The third-order valence-electron chi connectivity index (χ3n) is 6.03. The van der Waals surface area contributed by atoms with Gasteiger partial charge in [-0.1, -0.05) is 25.0 Å². The summed E-state index contributed by atoms with van der Waals surface area (Å²) < 4.78 is 13.4. The number of nitrogens with two attached hydrogens (primary N) is 4. The maximum Gasteiger partial charge on any atom is 0.243 e. The lowest BCUT2D eigenvalue weighted by Crippen LogP contribution is -2.58. The second kappa shape index (κ2) is 14.8. The highest BCUT2D eigenvalue weighted by atomic mass is 19.1. The molecule has 1 aromatic rings. The van der Waals surface area contributed by atoms with Crippen molar-refractivity contribution in [1.29, 1.82) is 0 Å². The first-order valence-electron chi connectivity index (χ1n) is 12.4. The van der Waals surface area contributed by atoms with Gasteiger partial charge in [-0.3, -0.25) is 24.2 Å². The predicted molar refractivity (Wildman–Crippen MR) is 137 cm³/mol. The number of guanidine groups is 1. The normalized spacial score (nSPS) is 15.9. The molecule has 0 unspecified atom stereocenters. The van der Waals surface area contributed by atoms with E-state index < -0.39 is 60.2 Å². The van der Waals surface area contributed by atoms with Crippen LogP contribution in [0.4, 0.5) is 4.39 Å². The average molecular weight is 537 g/mol. The van der Waals surface area contributed by atoms with Gasteiger partial charge in [-0.2, -0.15) is 0 Å². The summed E-state index contributed by atoms with van der Waals surface area (Å²) >= 11 is 0. The van der Waals surface area contributed by atoms with Crippen molar-refractivity contribution in [3.63, 3.8) is 0 Å². The van der Waals surface area contributed by atoms with E-state index in [0.29, 0.717) is 18.4 Å². The van der Waals surface area contributed by atoms with E-state index in [4.69, 9.17) is 22.9 Å². The molecule has 2 rings (SSSR count). The number of halogens is 1. The van der Waals surface area contributed by atoms with Crippen LogP contribution in [0.5, 0.6) is 0 Å². The number of hydrogen-bond acceptors (Lipinski definition) is 7. The standard InChI is InChI=1S/C24H37FN8O5/c25-15-7-5-14(6-8-15)11-17(31-21(36)16(26)2-1-9-30-24(28)29)22(37)32-18(10-13-3-4-13)23(38)33-19(12-34)20(27)35/h5-8,13,16-19,34H,1-4,9-12,26H2,(H2,27,35)(H,31,36)(H,32,37)(H,33,38)(H4,28,29,30)/t16-,17-,18-,19-/m0/s1. The number of benzene rings is 1. The van der Waals surface area contributed by atoms with Gasteiger partial charge < -0.3 is 44.0 Å². The summed E-state index contributed by atoms with van der Waals surface area (Å²) in [5, 5.41) is 16.9. The number of carbonyl (C=O) groups excluding carboxylic acids is 4. The van der Waals surface area contributed by atoms with Crippen LogP contribution in [-0.4, -0.2) is 72.0 Å². The van der Waals surface area contributed by atoms with Gasteiger partial charge in [0, 0.05) is 13.0 Å². The lowest BCUT2D eigenvalue weighted by molar-refractivity contribution is -0.134. The average Bonchev–Trinajstić information content (AvgIpc) is 3.69. The minimum absolute atomic E-state index is 0.00308. The Kier molecular flexibility index (Phi) is 11.9. The third-order valence-corrected chi connectivity index (χ3v) is 6.03. The van der Waals surface area contributed by atoms with Crippen LogP contribution in [0.1, 0.15) is 37.7 Å². The van der Waals surface area contributed by atoms with Gasteiger partial charge in [0.15, 0.2) is 5.96 Å². The summed E-state index contributed by atoms with van der Waals surface area (Å²) in [5.41, 5.74) is 22.3. The number of hydrogen-bond donors (Lipinski definition) is 8. The SMILES string of the molecule is NC(=O)[C@H](CO)NC(=O)[C@H](CC1CC1)NC(=O)[C@H](Cc1ccc(F)cc1)NC(=O)[C@@H](N)CCCN=C(N)N.